The molecule has 2 aliphatic rings. The van der Waals surface area contributed by atoms with Crippen molar-refractivity contribution in [1.29, 1.82) is 5.26 Å². The fourth-order valence-corrected chi connectivity index (χ4v) is 4.00. The molecule has 0 bridgehead atoms. The van der Waals surface area contributed by atoms with Crippen LogP contribution in [0.3, 0.4) is 0 Å². The van der Waals surface area contributed by atoms with Crippen LogP contribution >= 0.6 is 0 Å². The Bertz CT molecular complexity index is 1090. The van der Waals surface area contributed by atoms with Crippen LogP contribution in [0, 0.1) is 17.2 Å². The number of hydrogen-bond donors (Lipinski definition) is 1. The number of alkyl halides is 1. The Morgan fingerprint density at radius 3 is 2.83 bits per heavy atom. The molecule has 2 aromatic heterocycles. The highest BCUT2D eigenvalue weighted by Crippen LogP contribution is 2.35. The van der Waals surface area contributed by atoms with Gasteiger partial charge in [0, 0.05) is 12.1 Å². The second kappa shape index (κ2) is 7.69. The molecule has 6 nitrogen and oxygen atoms in total. The Balaban J connectivity index is 1.52. The van der Waals surface area contributed by atoms with Crippen molar-refractivity contribution in [2.75, 3.05) is 19.7 Å². The van der Waals surface area contributed by atoms with Crippen molar-refractivity contribution >= 4 is 11.0 Å². The van der Waals surface area contributed by atoms with Gasteiger partial charge in [-0.1, -0.05) is 25.0 Å². The van der Waals surface area contributed by atoms with E-state index in [1.54, 1.807) is 23.0 Å². The predicted molar refractivity (Wildman–Crippen MR) is 112 cm³/mol. The van der Waals surface area contributed by atoms with Crippen molar-refractivity contribution < 1.29 is 9.13 Å². The number of nitrogens with one attached hydrogen (secondary N) is 1. The first-order valence-corrected chi connectivity index (χ1v) is 10.5. The first kappa shape index (κ1) is 19.0. The topological polar surface area (TPSA) is 75.8 Å². The van der Waals surface area contributed by atoms with Gasteiger partial charge in [-0.3, -0.25) is 4.68 Å². The first-order chi connectivity index (χ1) is 14.6. The quantitative estimate of drug-likeness (QED) is 0.646. The van der Waals surface area contributed by atoms with E-state index in [9.17, 15) is 0 Å². The SMILES string of the molecule is N#Cc1ccc(-c2cc3c(cnn3CC3(F)CCNC3)nc2OCCC2CC2)cc1. The zero-order chi connectivity index (χ0) is 20.6. The monoisotopic (exact) mass is 405 g/mol. The van der Waals surface area contributed by atoms with Crippen molar-refractivity contribution in [3.05, 3.63) is 42.1 Å². The molecule has 3 heterocycles. The third kappa shape index (κ3) is 3.88. The van der Waals surface area contributed by atoms with Gasteiger partial charge in [-0.15, -0.1) is 0 Å². The Morgan fingerprint density at radius 1 is 1.30 bits per heavy atom. The molecule has 1 aliphatic carbocycles. The minimum atomic E-state index is -1.30. The van der Waals surface area contributed by atoms with Gasteiger partial charge < -0.3 is 10.1 Å². The van der Waals surface area contributed by atoms with Crippen LogP contribution in [0.2, 0.25) is 0 Å². The van der Waals surface area contributed by atoms with Crippen molar-refractivity contribution in [3.8, 4) is 23.1 Å². The summed E-state index contributed by atoms with van der Waals surface area (Å²) in [5, 5.41) is 16.6. The Labute approximate surface area is 174 Å². The molecule has 1 atom stereocenters. The van der Waals surface area contributed by atoms with Gasteiger partial charge in [0.15, 0.2) is 0 Å². The molecule has 1 aliphatic heterocycles. The van der Waals surface area contributed by atoms with Crippen LogP contribution in [0.4, 0.5) is 4.39 Å². The number of halogens is 1. The smallest absolute Gasteiger partial charge is 0.222 e. The lowest BCUT2D eigenvalue weighted by atomic mass is 10.0. The van der Waals surface area contributed by atoms with Crippen LogP contribution in [0.5, 0.6) is 5.88 Å². The minimum absolute atomic E-state index is 0.194. The van der Waals surface area contributed by atoms with E-state index < -0.39 is 5.67 Å². The molecule has 1 unspecified atom stereocenters. The highest BCUT2D eigenvalue weighted by Gasteiger charge is 2.35. The predicted octanol–water partition coefficient (Wildman–Crippen LogP) is 3.85. The molecular formula is C23H24FN5O. The molecule has 1 aromatic carbocycles. The number of ether oxygens (including phenoxy) is 1. The molecule has 1 N–H and O–H groups in total. The average Bonchev–Trinajstić information content (AvgIpc) is 3.37. The van der Waals surface area contributed by atoms with Gasteiger partial charge in [0.1, 0.15) is 11.2 Å². The van der Waals surface area contributed by atoms with E-state index in [2.05, 4.69) is 16.5 Å². The van der Waals surface area contributed by atoms with E-state index in [0.29, 0.717) is 43.1 Å². The summed E-state index contributed by atoms with van der Waals surface area (Å²) < 4.78 is 22.8. The molecular weight excluding hydrogens is 381 g/mol. The number of pyridine rings is 1. The molecule has 7 heteroatoms. The lowest BCUT2D eigenvalue weighted by Gasteiger charge is -2.19. The van der Waals surface area contributed by atoms with E-state index in [1.807, 2.05) is 18.2 Å². The van der Waals surface area contributed by atoms with Gasteiger partial charge in [0.2, 0.25) is 5.88 Å². The van der Waals surface area contributed by atoms with Crippen LogP contribution in [0.1, 0.15) is 31.2 Å². The second-order valence-electron chi connectivity index (χ2n) is 8.40. The summed E-state index contributed by atoms with van der Waals surface area (Å²) in [5.41, 5.74) is 2.53. The number of nitrogens with zero attached hydrogens (tertiary/aromatic N) is 4. The lowest BCUT2D eigenvalue weighted by molar-refractivity contribution is 0.158. The fraction of sp³-hybridized carbons (Fsp3) is 0.435. The summed E-state index contributed by atoms with van der Waals surface area (Å²) in [7, 11) is 0. The molecule has 0 spiro atoms. The first-order valence-electron chi connectivity index (χ1n) is 10.5. The normalized spacial score (nSPS) is 21.1. The zero-order valence-corrected chi connectivity index (χ0v) is 16.8. The molecule has 1 saturated carbocycles. The number of benzene rings is 1. The number of fused-ring (bicyclic) bond motifs is 1. The molecule has 5 rings (SSSR count). The maximum Gasteiger partial charge on any atom is 0.222 e. The largest absolute Gasteiger partial charge is 0.477 e. The summed E-state index contributed by atoms with van der Waals surface area (Å²) in [4.78, 5) is 4.72. The average molecular weight is 405 g/mol. The Hall–Kier alpha value is -2.98. The molecule has 1 saturated heterocycles. The number of aromatic nitrogens is 3. The van der Waals surface area contributed by atoms with Gasteiger partial charge in [-0.05, 0) is 49.1 Å². The molecule has 0 amide bonds. The van der Waals surface area contributed by atoms with Crippen molar-refractivity contribution in [1.82, 2.24) is 20.1 Å². The number of rotatable bonds is 7. The van der Waals surface area contributed by atoms with E-state index in [4.69, 9.17) is 15.0 Å². The van der Waals surface area contributed by atoms with Gasteiger partial charge in [-0.25, -0.2) is 9.37 Å². The lowest BCUT2D eigenvalue weighted by Crippen LogP contribution is -2.32. The summed E-state index contributed by atoms with van der Waals surface area (Å²) in [6.45, 7) is 1.84. The Morgan fingerprint density at radius 2 is 2.13 bits per heavy atom. The summed E-state index contributed by atoms with van der Waals surface area (Å²) >= 11 is 0. The molecule has 2 fully saturated rings. The number of hydrogen-bond acceptors (Lipinski definition) is 5. The molecule has 30 heavy (non-hydrogen) atoms. The van der Waals surface area contributed by atoms with Crippen LogP contribution in [-0.4, -0.2) is 40.1 Å². The summed E-state index contributed by atoms with van der Waals surface area (Å²) in [5.74, 6) is 1.33. The number of nitriles is 1. The molecule has 0 radical (unpaired) electrons. The highest BCUT2D eigenvalue weighted by atomic mass is 19.1. The van der Waals surface area contributed by atoms with E-state index >= 15 is 4.39 Å². The van der Waals surface area contributed by atoms with E-state index in [-0.39, 0.29) is 6.54 Å². The van der Waals surface area contributed by atoms with E-state index in [0.717, 1.165) is 29.0 Å². The van der Waals surface area contributed by atoms with E-state index in [1.165, 1.54) is 12.8 Å². The van der Waals surface area contributed by atoms with Gasteiger partial charge >= 0.3 is 0 Å². The van der Waals surface area contributed by atoms with Gasteiger partial charge in [0.25, 0.3) is 0 Å². The highest BCUT2D eigenvalue weighted by molar-refractivity contribution is 5.83. The molecule has 154 valence electrons. The minimum Gasteiger partial charge on any atom is -0.477 e. The standard InChI is InChI=1S/C23H24FN5O/c24-23(8-9-26-14-23)15-29-21-11-19(18-5-3-17(12-25)4-6-18)22(28-20(21)13-27-29)30-10-7-16-1-2-16/h3-6,11,13,16,26H,1-2,7-10,14-15H2. The fourth-order valence-electron chi connectivity index (χ4n) is 4.00. The Kier molecular flexibility index (Phi) is 4.87. The third-order valence-corrected chi connectivity index (χ3v) is 6.00. The second-order valence-corrected chi connectivity index (χ2v) is 8.40. The van der Waals surface area contributed by atoms with Crippen molar-refractivity contribution in [2.45, 2.75) is 37.9 Å². The maximum absolute atomic E-state index is 15.0. The van der Waals surface area contributed by atoms with Gasteiger partial charge in [0.05, 0.1) is 36.5 Å². The maximum atomic E-state index is 15.0. The molecule has 3 aromatic rings. The summed E-state index contributed by atoms with van der Waals surface area (Å²) in [6.07, 6.45) is 5.75. The summed E-state index contributed by atoms with van der Waals surface area (Å²) in [6, 6.07) is 11.5. The van der Waals surface area contributed by atoms with Crippen LogP contribution in [-0.2, 0) is 6.54 Å². The third-order valence-electron chi connectivity index (χ3n) is 6.00. The van der Waals surface area contributed by atoms with Gasteiger partial charge in [-0.2, -0.15) is 10.4 Å². The van der Waals surface area contributed by atoms with Crippen LogP contribution < -0.4 is 10.1 Å². The van der Waals surface area contributed by atoms with Crippen molar-refractivity contribution in [2.24, 2.45) is 5.92 Å². The van der Waals surface area contributed by atoms with Crippen LogP contribution in [0.15, 0.2) is 36.5 Å². The zero-order valence-electron chi connectivity index (χ0n) is 16.8. The van der Waals surface area contributed by atoms with Crippen molar-refractivity contribution in [3.63, 3.8) is 0 Å². The van der Waals surface area contributed by atoms with Crippen LogP contribution in [0.25, 0.3) is 22.2 Å².